The maximum Gasteiger partial charge on any atom is 0.306 e. The first-order chi connectivity index (χ1) is 7.59. The van der Waals surface area contributed by atoms with Gasteiger partial charge in [-0.25, -0.2) is 0 Å². The lowest BCUT2D eigenvalue weighted by Crippen LogP contribution is -2.45. The molecule has 1 saturated heterocycles. The number of aliphatic hydroxyl groups is 1. The standard InChI is InChI=1S/C12H21NO3/c14-11(15)10-3-5-12(16,6-4-10)9-13-7-1-2-8-13/h10,16H,1-9H2,(H,14,15). The summed E-state index contributed by atoms with van der Waals surface area (Å²) in [5.41, 5.74) is -0.629. The van der Waals surface area contributed by atoms with Crippen LogP contribution in [0.1, 0.15) is 38.5 Å². The molecule has 2 rings (SSSR count). The summed E-state index contributed by atoms with van der Waals surface area (Å²) in [7, 11) is 0. The molecule has 0 aromatic rings. The van der Waals surface area contributed by atoms with Crippen molar-refractivity contribution in [1.82, 2.24) is 4.90 Å². The lowest BCUT2D eigenvalue weighted by molar-refractivity contribution is -0.145. The number of likely N-dealkylation sites (tertiary alicyclic amines) is 1. The second-order valence-corrected chi connectivity index (χ2v) is 5.32. The van der Waals surface area contributed by atoms with Gasteiger partial charge >= 0.3 is 5.97 Å². The van der Waals surface area contributed by atoms with E-state index in [9.17, 15) is 9.90 Å². The van der Waals surface area contributed by atoms with E-state index >= 15 is 0 Å². The topological polar surface area (TPSA) is 60.8 Å². The molecular formula is C12H21NO3. The molecule has 0 aromatic heterocycles. The Hall–Kier alpha value is -0.610. The summed E-state index contributed by atoms with van der Waals surface area (Å²) < 4.78 is 0. The number of hydrogen-bond donors (Lipinski definition) is 2. The third kappa shape index (κ3) is 2.74. The molecule has 1 saturated carbocycles. The summed E-state index contributed by atoms with van der Waals surface area (Å²) in [6.45, 7) is 2.91. The minimum Gasteiger partial charge on any atom is -0.481 e. The van der Waals surface area contributed by atoms with Crippen LogP contribution in [-0.2, 0) is 4.79 Å². The number of carboxylic acids is 1. The van der Waals surface area contributed by atoms with Crippen LogP contribution >= 0.6 is 0 Å². The highest BCUT2D eigenvalue weighted by molar-refractivity contribution is 5.70. The summed E-state index contributed by atoms with van der Waals surface area (Å²) in [5.74, 6) is -0.943. The number of hydrogen-bond acceptors (Lipinski definition) is 3. The molecule has 2 N–H and O–H groups in total. The van der Waals surface area contributed by atoms with Crippen molar-refractivity contribution in [3.63, 3.8) is 0 Å². The number of aliphatic carboxylic acids is 1. The van der Waals surface area contributed by atoms with Crippen molar-refractivity contribution >= 4 is 5.97 Å². The molecule has 0 atom stereocenters. The van der Waals surface area contributed by atoms with Gasteiger partial charge in [-0.1, -0.05) is 0 Å². The zero-order valence-corrected chi connectivity index (χ0v) is 9.69. The molecule has 0 bridgehead atoms. The summed E-state index contributed by atoms with van der Waals surface area (Å²) in [5, 5.41) is 19.3. The van der Waals surface area contributed by atoms with Crippen LogP contribution < -0.4 is 0 Å². The van der Waals surface area contributed by atoms with Crippen molar-refractivity contribution in [2.45, 2.75) is 44.1 Å². The summed E-state index contributed by atoms with van der Waals surface area (Å²) in [4.78, 5) is 13.1. The maximum atomic E-state index is 10.8. The van der Waals surface area contributed by atoms with Gasteiger partial charge in [0.25, 0.3) is 0 Å². The number of β-amino-alcohol motifs (C(OH)–C–C–N with tert-alkyl or cyclic N) is 1. The largest absolute Gasteiger partial charge is 0.481 e. The fourth-order valence-electron chi connectivity index (χ4n) is 2.92. The van der Waals surface area contributed by atoms with Gasteiger partial charge < -0.3 is 15.1 Å². The van der Waals surface area contributed by atoms with Gasteiger partial charge in [0.05, 0.1) is 11.5 Å². The quantitative estimate of drug-likeness (QED) is 0.757. The van der Waals surface area contributed by atoms with E-state index in [0.717, 1.165) is 19.6 Å². The van der Waals surface area contributed by atoms with E-state index in [1.54, 1.807) is 0 Å². The Morgan fingerprint density at radius 2 is 1.81 bits per heavy atom. The maximum absolute atomic E-state index is 10.8. The van der Waals surface area contributed by atoms with E-state index in [1.807, 2.05) is 0 Å². The molecule has 0 radical (unpaired) electrons. The highest BCUT2D eigenvalue weighted by atomic mass is 16.4. The molecule has 0 aromatic carbocycles. The molecular weight excluding hydrogens is 206 g/mol. The predicted octanol–water partition coefficient (Wildman–Crippen LogP) is 1.09. The van der Waals surface area contributed by atoms with Crippen molar-refractivity contribution < 1.29 is 15.0 Å². The SMILES string of the molecule is O=C(O)C1CCC(O)(CN2CCCC2)CC1. The minimum atomic E-state index is -0.705. The highest BCUT2D eigenvalue weighted by Crippen LogP contribution is 2.33. The van der Waals surface area contributed by atoms with Crippen LogP contribution in [0.4, 0.5) is 0 Å². The van der Waals surface area contributed by atoms with E-state index in [-0.39, 0.29) is 5.92 Å². The molecule has 0 amide bonds. The molecule has 92 valence electrons. The third-order valence-electron chi connectivity index (χ3n) is 3.98. The van der Waals surface area contributed by atoms with Crippen molar-refractivity contribution in [2.24, 2.45) is 5.92 Å². The van der Waals surface area contributed by atoms with Crippen molar-refractivity contribution in [3.05, 3.63) is 0 Å². The minimum absolute atomic E-state index is 0.237. The Bertz CT molecular complexity index is 253. The second-order valence-electron chi connectivity index (χ2n) is 5.32. The van der Waals surface area contributed by atoms with E-state index in [2.05, 4.69) is 4.90 Å². The van der Waals surface area contributed by atoms with Gasteiger partial charge in [-0.05, 0) is 51.6 Å². The van der Waals surface area contributed by atoms with Crippen LogP contribution in [0.5, 0.6) is 0 Å². The first kappa shape index (κ1) is 11.9. The summed E-state index contributed by atoms with van der Waals surface area (Å²) in [6.07, 6.45) is 4.99. The van der Waals surface area contributed by atoms with Gasteiger partial charge in [0.2, 0.25) is 0 Å². The van der Waals surface area contributed by atoms with Crippen LogP contribution in [0.15, 0.2) is 0 Å². The molecule has 2 fully saturated rings. The number of carboxylic acid groups (broad SMARTS) is 1. The Morgan fingerprint density at radius 3 is 2.31 bits per heavy atom. The summed E-state index contributed by atoms with van der Waals surface area (Å²) in [6, 6.07) is 0. The lowest BCUT2D eigenvalue weighted by atomic mass is 9.78. The normalized spacial score (nSPS) is 36.4. The Labute approximate surface area is 96.3 Å². The Morgan fingerprint density at radius 1 is 1.25 bits per heavy atom. The number of nitrogens with zero attached hydrogens (tertiary/aromatic N) is 1. The third-order valence-corrected chi connectivity index (χ3v) is 3.98. The first-order valence-electron chi connectivity index (χ1n) is 6.27. The van der Waals surface area contributed by atoms with Crippen LogP contribution in [0.3, 0.4) is 0 Å². The fourth-order valence-corrected chi connectivity index (χ4v) is 2.92. The van der Waals surface area contributed by atoms with Gasteiger partial charge in [-0.15, -0.1) is 0 Å². The average molecular weight is 227 g/mol. The predicted molar refractivity (Wildman–Crippen MR) is 60.2 cm³/mol. The van der Waals surface area contributed by atoms with Crippen LogP contribution in [0.25, 0.3) is 0 Å². The van der Waals surface area contributed by atoms with Gasteiger partial charge in [-0.2, -0.15) is 0 Å². The number of rotatable bonds is 3. The van der Waals surface area contributed by atoms with Crippen LogP contribution in [0, 0.1) is 5.92 Å². The van der Waals surface area contributed by atoms with Gasteiger partial charge in [-0.3, -0.25) is 4.79 Å². The van der Waals surface area contributed by atoms with E-state index < -0.39 is 11.6 Å². The van der Waals surface area contributed by atoms with Crippen molar-refractivity contribution in [3.8, 4) is 0 Å². The van der Waals surface area contributed by atoms with Crippen LogP contribution in [-0.4, -0.2) is 46.3 Å². The van der Waals surface area contributed by atoms with Gasteiger partial charge in [0.1, 0.15) is 0 Å². The van der Waals surface area contributed by atoms with Gasteiger partial charge in [0.15, 0.2) is 0 Å². The zero-order chi connectivity index (χ0) is 11.6. The molecule has 16 heavy (non-hydrogen) atoms. The second kappa shape index (κ2) is 4.72. The Balaban J connectivity index is 1.83. The summed E-state index contributed by atoms with van der Waals surface area (Å²) >= 11 is 0. The van der Waals surface area contributed by atoms with Crippen LogP contribution in [0.2, 0.25) is 0 Å². The molecule has 0 spiro atoms. The highest BCUT2D eigenvalue weighted by Gasteiger charge is 2.37. The van der Waals surface area contributed by atoms with Crippen molar-refractivity contribution in [2.75, 3.05) is 19.6 Å². The zero-order valence-electron chi connectivity index (χ0n) is 9.69. The smallest absolute Gasteiger partial charge is 0.306 e. The van der Waals surface area contributed by atoms with E-state index in [0.29, 0.717) is 25.7 Å². The fraction of sp³-hybridized carbons (Fsp3) is 0.917. The lowest BCUT2D eigenvalue weighted by Gasteiger charge is -2.37. The molecule has 1 aliphatic heterocycles. The molecule has 0 unspecified atom stereocenters. The van der Waals surface area contributed by atoms with E-state index in [4.69, 9.17) is 5.11 Å². The van der Waals surface area contributed by atoms with Gasteiger partial charge in [0, 0.05) is 6.54 Å². The average Bonchev–Trinajstić information content (AvgIpc) is 2.70. The van der Waals surface area contributed by atoms with Crippen molar-refractivity contribution in [1.29, 1.82) is 0 Å². The molecule has 4 heteroatoms. The number of carbonyl (C=O) groups is 1. The molecule has 1 aliphatic carbocycles. The molecule has 1 heterocycles. The van der Waals surface area contributed by atoms with E-state index in [1.165, 1.54) is 12.8 Å². The molecule has 4 nitrogen and oxygen atoms in total. The monoisotopic (exact) mass is 227 g/mol. The first-order valence-corrected chi connectivity index (χ1v) is 6.27. The molecule has 2 aliphatic rings. The Kier molecular flexibility index (Phi) is 3.50.